The largest absolute Gasteiger partial charge is 0.449 e. The van der Waals surface area contributed by atoms with Crippen LogP contribution in [0.25, 0.3) is 0 Å². The zero-order valence-corrected chi connectivity index (χ0v) is 8.32. The molecule has 0 radical (unpaired) electrons. The third kappa shape index (κ3) is 2.40. The van der Waals surface area contributed by atoms with E-state index in [-0.39, 0.29) is 11.9 Å². The van der Waals surface area contributed by atoms with Crippen LogP contribution in [0, 0.1) is 0 Å². The predicted molar refractivity (Wildman–Crippen MR) is 44.7 cm³/mol. The highest BCUT2D eigenvalue weighted by atomic mass is 35.6. The maximum Gasteiger partial charge on any atom is 0.417 e. The van der Waals surface area contributed by atoms with Crippen LogP contribution in [0.15, 0.2) is 4.52 Å². The second-order valence-electron chi connectivity index (χ2n) is 1.81. The fraction of sp³-hybridized carbons (Fsp3) is 0.600. The van der Waals surface area contributed by atoms with Crippen molar-refractivity contribution in [3.63, 3.8) is 0 Å². The van der Waals surface area contributed by atoms with Crippen molar-refractivity contribution in [2.45, 2.75) is 10.7 Å². The second-order valence-corrected chi connectivity index (χ2v) is 4.10. The van der Waals surface area contributed by atoms with E-state index in [4.69, 9.17) is 39.5 Å². The Balaban J connectivity index is 2.77. The van der Waals surface area contributed by atoms with E-state index in [1.54, 1.807) is 6.92 Å². The number of nitrogens with zero attached hydrogens (tertiary/aromatic N) is 2. The number of hydrogen-bond acceptors (Lipinski definition) is 4. The van der Waals surface area contributed by atoms with Gasteiger partial charge in [-0.1, -0.05) is 40.0 Å². The molecule has 0 aliphatic heterocycles. The Morgan fingerprint density at radius 3 is 2.58 bits per heavy atom. The van der Waals surface area contributed by atoms with Gasteiger partial charge in [-0.3, -0.25) is 4.52 Å². The fourth-order valence-corrected chi connectivity index (χ4v) is 0.737. The van der Waals surface area contributed by atoms with Crippen LogP contribution in [0.5, 0.6) is 6.08 Å². The van der Waals surface area contributed by atoms with Crippen LogP contribution in [0.3, 0.4) is 0 Å². The molecule has 0 saturated carbocycles. The monoisotopic (exact) mass is 230 g/mol. The van der Waals surface area contributed by atoms with E-state index in [1.165, 1.54) is 0 Å². The number of hydrogen-bond donors (Lipinski definition) is 0. The van der Waals surface area contributed by atoms with Crippen molar-refractivity contribution in [3.8, 4) is 6.08 Å². The van der Waals surface area contributed by atoms with Crippen molar-refractivity contribution >= 4 is 34.8 Å². The van der Waals surface area contributed by atoms with Gasteiger partial charge in [0, 0.05) is 0 Å². The van der Waals surface area contributed by atoms with Gasteiger partial charge in [0.25, 0.3) is 3.79 Å². The average molecular weight is 231 g/mol. The number of rotatable bonds is 2. The van der Waals surface area contributed by atoms with E-state index in [0.717, 1.165) is 0 Å². The van der Waals surface area contributed by atoms with Crippen LogP contribution in [-0.4, -0.2) is 16.7 Å². The first-order valence-electron chi connectivity index (χ1n) is 3.07. The molecule has 0 amide bonds. The maximum atomic E-state index is 5.46. The molecule has 12 heavy (non-hydrogen) atoms. The highest BCUT2D eigenvalue weighted by Crippen LogP contribution is 2.36. The summed E-state index contributed by atoms with van der Waals surface area (Å²) < 4.78 is 7.79. The molecule has 0 N–H and O–H groups in total. The Morgan fingerprint density at radius 1 is 1.50 bits per heavy atom. The lowest BCUT2D eigenvalue weighted by molar-refractivity contribution is 0.215. The van der Waals surface area contributed by atoms with Crippen LogP contribution >= 0.6 is 34.8 Å². The Hall–Kier alpha value is -0.190. The first-order chi connectivity index (χ1) is 5.54. The summed E-state index contributed by atoms with van der Waals surface area (Å²) in [6.07, 6.45) is -0.00109. The van der Waals surface area contributed by atoms with E-state index < -0.39 is 3.79 Å². The Labute approximate surface area is 83.7 Å². The molecule has 1 rings (SSSR count). The van der Waals surface area contributed by atoms with Crippen LogP contribution in [0.2, 0.25) is 0 Å². The Kier molecular flexibility index (Phi) is 3.04. The summed E-state index contributed by atoms with van der Waals surface area (Å²) in [4.78, 5) is 3.68. The molecule has 7 heteroatoms. The lowest BCUT2D eigenvalue weighted by atomic mass is 10.7. The summed E-state index contributed by atoms with van der Waals surface area (Å²) >= 11 is 16.4. The van der Waals surface area contributed by atoms with Gasteiger partial charge in [-0.15, -0.1) is 0 Å². The number of alkyl halides is 3. The highest BCUT2D eigenvalue weighted by molar-refractivity contribution is 6.66. The van der Waals surface area contributed by atoms with Crippen LogP contribution in [-0.2, 0) is 3.79 Å². The minimum Gasteiger partial charge on any atom is -0.449 e. The van der Waals surface area contributed by atoms with Gasteiger partial charge in [-0.2, -0.15) is 4.98 Å². The Morgan fingerprint density at radius 2 is 2.17 bits per heavy atom. The number of halogens is 3. The van der Waals surface area contributed by atoms with E-state index in [0.29, 0.717) is 6.61 Å². The zero-order valence-electron chi connectivity index (χ0n) is 6.05. The summed E-state index contributed by atoms with van der Waals surface area (Å²) in [5.74, 6) is -0.0315. The standard InChI is InChI=1S/C5H5Cl3N2O2/c1-2-11-4-9-3(10-12-4)5(6,7)8/h2H2,1H3. The van der Waals surface area contributed by atoms with Crippen molar-refractivity contribution in [3.05, 3.63) is 5.82 Å². The SMILES string of the molecule is CCOc1nc(C(Cl)(Cl)Cl)no1. The average Bonchev–Trinajstić information content (AvgIpc) is 2.35. The van der Waals surface area contributed by atoms with Crippen LogP contribution < -0.4 is 4.74 Å². The topological polar surface area (TPSA) is 48.2 Å². The molecule has 0 fully saturated rings. The summed E-state index contributed by atoms with van der Waals surface area (Å²) in [7, 11) is 0. The van der Waals surface area contributed by atoms with Crippen molar-refractivity contribution in [2.24, 2.45) is 0 Å². The van der Waals surface area contributed by atoms with Gasteiger partial charge in [0.15, 0.2) is 0 Å². The van der Waals surface area contributed by atoms with Crippen molar-refractivity contribution in [2.75, 3.05) is 6.61 Å². The predicted octanol–water partition coefficient (Wildman–Crippen LogP) is 2.29. The van der Waals surface area contributed by atoms with Crippen LogP contribution in [0.1, 0.15) is 12.7 Å². The van der Waals surface area contributed by atoms with Gasteiger partial charge in [0.05, 0.1) is 6.61 Å². The molecule has 0 saturated heterocycles. The van der Waals surface area contributed by atoms with Crippen molar-refractivity contribution in [1.29, 1.82) is 0 Å². The van der Waals surface area contributed by atoms with Gasteiger partial charge >= 0.3 is 6.08 Å². The van der Waals surface area contributed by atoms with E-state index in [2.05, 4.69) is 14.7 Å². The molecule has 0 unspecified atom stereocenters. The smallest absolute Gasteiger partial charge is 0.417 e. The Bertz CT molecular complexity index is 257. The van der Waals surface area contributed by atoms with Crippen molar-refractivity contribution < 1.29 is 9.26 Å². The summed E-state index contributed by atoms with van der Waals surface area (Å²) in [6, 6.07) is 0. The molecule has 0 atom stereocenters. The third-order valence-corrected chi connectivity index (χ3v) is 1.44. The summed E-state index contributed by atoms with van der Waals surface area (Å²) in [6.45, 7) is 2.20. The zero-order chi connectivity index (χ0) is 9.19. The molecule has 0 aliphatic carbocycles. The molecular weight excluding hydrogens is 226 g/mol. The quantitative estimate of drug-likeness (QED) is 0.733. The third-order valence-electron chi connectivity index (χ3n) is 0.929. The summed E-state index contributed by atoms with van der Waals surface area (Å²) in [5, 5.41) is 3.40. The molecule has 1 heterocycles. The van der Waals surface area contributed by atoms with Crippen LogP contribution in [0.4, 0.5) is 0 Å². The summed E-state index contributed by atoms with van der Waals surface area (Å²) in [5.41, 5.74) is 0. The molecular formula is C5H5Cl3N2O2. The molecule has 0 aliphatic rings. The van der Waals surface area contributed by atoms with Gasteiger partial charge in [-0.25, -0.2) is 0 Å². The minimum atomic E-state index is -1.67. The molecule has 1 aromatic heterocycles. The number of ether oxygens (including phenoxy) is 1. The highest BCUT2D eigenvalue weighted by Gasteiger charge is 2.29. The van der Waals surface area contributed by atoms with E-state index >= 15 is 0 Å². The molecule has 4 nitrogen and oxygen atoms in total. The molecule has 68 valence electrons. The van der Waals surface area contributed by atoms with E-state index in [9.17, 15) is 0 Å². The number of aromatic nitrogens is 2. The molecule has 1 aromatic rings. The lowest BCUT2D eigenvalue weighted by Crippen LogP contribution is -2.02. The minimum absolute atomic E-state index is 0.00109. The van der Waals surface area contributed by atoms with Gasteiger partial charge in [0.2, 0.25) is 5.82 Å². The first-order valence-corrected chi connectivity index (χ1v) is 4.21. The van der Waals surface area contributed by atoms with Gasteiger partial charge < -0.3 is 4.74 Å². The fourth-order valence-electron chi connectivity index (χ4n) is 0.507. The molecule has 0 bridgehead atoms. The van der Waals surface area contributed by atoms with Gasteiger partial charge in [-0.05, 0) is 6.92 Å². The second kappa shape index (κ2) is 3.68. The normalized spacial score (nSPS) is 11.7. The first kappa shape index (κ1) is 9.89. The lowest BCUT2D eigenvalue weighted by Gasteiger charge is -2.01. The maximum absolute atomic E-state index is 5.46. The molecule has 0 aromatic carbocycles. The van der Waals surface area contributed by atoms with Crippen molar-refractivity contribution in [1.82, 2.24) is 10.1 Å². The van der Waals surface area contributed by atoms with Gasteiger partial charge in [0.1, 0.15) is 0 Å². The molecule has 0 spiro atoms. The van der Waals surface area contributed by atoms with E-state index in [1.807, 2.05) is 0 Å².